The molecule has 2 aliphatic rings. The van der Waals surface area contributed by atoms with E-state index in [1.807, 2.05) is 0 Å². The largest absolute Gasteiger partial charge is 0.379 e. The Morgan fingerprint density at radius 1 is 1.50 bits per heavy atom. The van der Waals surface area contributed by atoms with Crippen molar-refractivity contribution in [1.29, 1.82) is 0 Å². The Labute approximate surface area is 112 Å². The molecule has 0 aliphatic carbocycles. The van der Waals surface area contributed by atoms with Crippen LogP contribution in [0.2, 0.25) is 0 Å². The van der Waals surface area contributed by atoms with Crippen molar-refractivity contribution < 1.29 is 4.74 Å². The highest BCUT2D eigenvalue weighted by Crippen LogP contribution is 2.18. The number of rotatable bonds is 4. The zero-order chi connectivity index (χ0) is 13.0. The fourth-order valence-electron chi connectivity index (χ4n) is 3.18. The van der Waals surface area contributed by atoms with Gasteiger partial charge in [0.2, 0.25) is 0 Å². The summed E-state index contributed by atoms with van der Waals surface area (Å²) in [6.07, 6.45) is 3.87. The summed E-state index contributed by atoms with van der Waals surface area (Å²) in [5.74, 6) is 0. The first-order valence-corrected chi connectivity index (χ1v) is 7.38. The van der Waals surface area contributed by atoms with Crippen LogP contribution in [0.25, 0.3) is 0 Å². The van der Waals surface area contributed by atoms with E-state index in [2.05, 4.69) is 36.1 Å². The van der Waals surface area contributed by atoms with E-state index in [0.717, 1.165) is 25.8 Å². The smallest absolute Gasteiger partial charge is 0.0620 e. The van der Waals surface area contributed by atoms with Gasteiger partial charge in [-0.25, -0.2) is 0 Å². The highest BCUT2D eigenvalue weighted by atomic mass is 16.5. The summed E-state index contributed by atoms with van der Waals surface area (Å²) in [7, 11) is 4.53. The Hall–Kier alpha value is -0.160. The molecule has 0 aromatic rings. The van der Waals surface area contributed by atoms with Crippen molar-refractivity contribution in [3.8, 4) is 0 Å². The standard InChI is InChI=1S/C14H29N3O/c1-12(9-13-11-18-8-6-15-13)17(3)14-5-4-7-16(2)10-14/h12-15H,4-11H2,1-3H3. The molecular weight excluding hydrogens is 226 g/mol. The van der Waals surface area contributed by atoms with Crippen molar-refractivity contribution in [2.24, 2.45) is 0 Å². The van der Waals surface area contributed by atoms with Gasteiger partial charge in [-0.1, -0.05) is 0 Å². The molecule has 3 atom stereocenters. The van der Waals surface area contributed by atoms with Crippen LogP contribution in [-0.4, -0.2) is 74.9 Å². The van der Waals surface area contributed by atoms with Crippen molar-refractivity contribution in [1.82, 2.24) is 15.1 Å². The van der Waals surface area contributed by atoms with Gasteiger partial charge in [0.15, 0.2) is 0 Å². The molecule has 18 heavy (non-hydrogen) atoms. The summed E-state index contributed by atoms with van der Waals surface area (Å²) in [6.45, 7) is 7.58. The Kier molecular flexibility index (Phi) is 5.42. The Morgan fingerprint density at radius 3 is 3.00 bits per heavy atom. The minimum absolute atomic E-state index is 0.539. The van der Waals surface area contributed by atoms with Gasteiger partial charge >= 0.3 is 0 Å². The first-order chi connectivity index (χ1) is 8.66. The molecule has 0 amide bonds. The van der Waals surface area contributed by atoms with E-state index in [9.17, 15) is 0 Å². The number of piperidine rings is 1. The number of nitrogens with one attached hydrogen (secondary N) is 1. The van der Waals surface area contributed by atoms with Gasteiger partial charge in [0.1, 0.15) is 0 Å². The molecular formula is C14H29N3O. The van der Waals surface area contributed by atoms with Crippen LogP contribution < -0.4 is 5.32 Å². The van der Waals surface area contributed by atoms with Crippen LogP contribution in [0, 0.1) is 0 Å². The average molecular weight is 255 g/mol. The molecule has 3 unspecified atom stereocenters. The van der Waals surface area contributed by atoms with Crippen LogP contribution in [0.15, 0.2) is 0 Å². The fourth-order valence-corrected chi connectivity index (χ4v) is 3.18. The monoisotopic (exact) mass is 255 g/mol. The number of nitrogens with zero attached hydrogens (tertiary/aromatic N) is 2. The molecule has 0 bridgehead atoms. The van der Waals surface area contributed by atoms with Gasteiger partial charge in [-0.2, -0.15) is 0 Å². The summed E-state index contributed by atoms with van der Waals surface area (Å²) in [6, 6.07) is 1.89. The predicted octanol–water partition coefficient (Wildman–Crippen LogP) is 0.779. The molecule has 2 aliphatic heterocycles. The van der Waals surface area contributed by atoms with Gasteiger partial charge in [0.25, 0.3) is 0 Å². The molecule has 0 spiro atoms. The molecule has 1 N–H and O–H groups in total. The minimum atomic E-state index is 0.539. The first-order valence-electron chi connectivity index (χ1n) is 7.38. The lowest BCUT2D eigenvalue weighted by Crippen LogP contribution is -2.51. The average Bonchev–Trinajstić information content (AvgIpc) is 2.39. The third kappa shape index (κ3) is 3.92. The van der Waals surface area contributed by atoms with E-state index < -0.39 is 0 Å². The molecule has 4 heteroatoms. The zero-order valence-electron chi connectivity index (χ0n) is 12.2. The molecule has 2 fully saturated rings. The van der Waals surface area contributed by atoms with E-state index in [-0.39, 0.29) is 0 Å². The quantitative estimate of drug-likeness (QED) is 0.803. The second-order valence-corrected chi connectivity index (χ2v) is 6.03. The van der Waals surface area contributed by atoms with Crippen LogP contribution >= 0.6 is 0 Å². The second-order valence-electron chi connectivity index (χ2n) is 6.03. The third-order valence-corrected chi connectivity index (χ3v) is 4.49. The Balaban J connectivity index is 1.77. The molecule has 2 heterocycles. The van der Waals surface area contributed by atoms with Gasteiger partial charge in [-0.15, -0.1) is 0 Å². The number of ether oxygens (including phenoxy) is 1. The van der Waals surface area contributed by atoms with Gasteiger partial charge in [0, 0.05) is 31.2 Å². The lowest BCUT2D eigenvalue weighted by Gasteiger charge is -2.40. The summed E-state index contributed by atoms with van der Waals surface area (Å²) < 4.78 is 5.54. The molecule has 2 rings (SSSR count). The number of likely N-dealkylation sites (N-methyl/N-ethyl adjacent to an activating group) is 2. The molecule has 2 saturated heterocycles. The molecule has 0 saturated carbocycles. The van der Waals surface area contributed by atoms with E-state index in [0.29, 0.717) is 12.1 Å². The summed E-state index contributed by atoms with van der Waals surface area (Å²) >= 11 is 0. The molecule has 0 aromatic carbocycles. The number of hydrogen-bond donors (Lipinski definition) is 1. The zero-order valence-corrected chi connectivity index (χ0v) is 12.2. The maximum Gasteiger partial charge on any atom is 0.0620 e. The predicted molar refractivity (Wildman–Crippen MR) is 75.0 cm³/mol. The van der Waals surface area contributed by atoms with E-state index in [4.69, 9.17) is 4.74 Å². The Morgan fingerprint density at radius 2 is 2.33 bits per heavy atom. The van der Waals surface area contributed by atoms with Crippen LogP contribution in [-0.2, 0) is 4.74 Å². The number of hydrogen-bond acceptors (Lipinski definition) is 4. The fraction of sp³-hybridized carbons (Fsp3) is 1.00. The normalized spacial score (nSPS) is 32.7. The molecule has 0 radical (unpaired) electrons. The van der Waals surface area contributed by atoms with Gasteiger partial charge in [-0.05, 0) is 46.8 Å². The number of likely N-dealkylation sites (tertiary alicyclic amines) is 1. The van der Waals surface area contributed by atoms with Crippen molar-refractivity contribution in [2.75, 3.05) is 46.9 Å². The van der Waals surface area contributed by atoms with E-state index in [1.165, 1.54) is 32.4 Å². The second kappa shape index (κ2) is 6.85. The van der Waals surface area contributed by atoms with Gasteiger partial charge < -0.3 is 15.0 Å². The Bertz CT molecular complexity index is 243. The van der Waals surface area contributed by atoms with Crippen LogP contribution in [0.3, 0.4) is 0 Å². The number of morpholine rings is 1. The maximum atomic E-state index is 5.54. The SMILES string of the molecule is CC(CC1COCCN1)N(C)C1CCCN(C)C1. The van der Waals surface area contributed by atoms with Gasteiger partial charge in [0.05, 0.1) is 13.2 Å². The lowest BCUT2D eigenvalue weighted by atomic mass is 10.0. The van der Waals surface area contributed by atoms with E-state index >= 15 is 0 Å². The summed E-state index contributed by atoms with van der Waals surface area (Å²) in [5, 5.41) is 3.55. The van der Waals surface area contributed by atoms with Crippen LogP contribution in [0.4, 0.5) is 0 Å². The van der Waals surface area contributed by atoms with E-state index in [1.54, 1.807) is 0 Å². The lowest BCUT2D eigenvalue weighted by molar-refractivity contribution is 0.0515. The minimum Gasteiger partial charge on any atom is -0.379 e. The third-order valence-electron chi connectivity index (χ3n) is 4.49. The summed E-state index contributed by atoms with van der Waals surface area (Å²) in [4.78, 5) is 5.03. The van der Waals surface area contributed by atoms with Crippen molar-refractivity contribution in [2.45, 2.75) is 44.3 Å². The highest BCUT2D eigenvalue weighted by molar-refractivity contribution is 4.83. The first kappa shape index (κ1) is 14.3. The van der Waals surface area contributed by atoms with Crippen LogP contribution in [0.5, 0.6) is 0 Å². The van der Waals surface area contributed by atoms with Crippen molar-refractivity contribution in [3.63, 3.8) is 0 Å². The van der Waals surface area contributed by atoms with Crippen molar-refractivity contribution in [3.05, 3.63) is 0 Å². The molecule has 4 nitrogen and oxygen atoms in total. The topological polar surface area (TPSA) is 27.7 Å². The summed E-state index contributed by atoms with van der Waals surface area (Å²) in [5.41, 5.74) is 0. The van der Waals surface area contributed by atoms with Crippen LogP contribution in [0.1, 0.15) is 26.2 Å². The van der Waals surface area contributed by atoms with Crippen molar-refractivity contribution >= 4 is 0 Å². The maximum absolute atomic E-state index is 5.54. The molecule has 0 aromatic heterocycles. The molecule has 106 valence electrons. The highest BCUT2D eigenvalue weighted by Gasteiger charge is 2.26. The van der Waals surface area contributed by atoms with Gasteiger partial charge in [-0.3, -0.25) is 4.90 Å².